The van der Waals surface area contributed by atoms with Gasteiger partial charge in [0.05, 0.1) is 9.79 Å². The lowest BCUT2D eigenvalue weighted by Crippen LogP contribution is -2.22. The molecule has 0 heterocycles. The first-order valence-electron chi connectivity index (χ1n) is 4.13. The summed E-state index contributed by atoms with van der Waals surface area (Å²) in [5.74, 6) is 0. The molecule has 1 aromatic rings. The van der Waals surface area contributed by atoms with Crippen LogP contribution < -0.4 is 0 Å². The van der Waals surface area contributed by atoms with Crippen molar-refractivity contribution in [1.82, 2.24) is 4.31 Å². The van der Waals surface area contributed by atoms with Gasteiger partial charge in [0, 0.05) is 24.8 Å². The smallest absolute Gasteiger partial charge is 0.207 e. The summed E-state index contributed by atoms with van der Waals surface area (Å²) in [5.41, 5.74) is 0. The molecule has 0 aliphatic rings. The fraction of sp³-hybridized carbons (Fsp3) is 0.250. The summed E-state index contributed by atoms with van der Waals surface area (Å²) in [5, 5.41) is 0. The SMILES string of the molecule is CN(C)S(=O)(=O)c1cccc(S(=O)(=O)Cl)c1. The molecule has 16 heavy (non-hydrogen) atoms. The van der Waals surface area contributed by atoms with Crippen LogP contribution in [0.1, 0.15) is 0 Å². The van der Waals surface area contributed by atoms with Crippen LogP contribution in [0.5, 0.6) is 0 Å². The van der Waals surface area contributed by atoms with Gasteiger partial charge in [0.15, 0.2) is 0 Å². The maximum Gasteiger partial charge on any atom is 0.261 e. The van der Waals surface area contributed by atoms with Gasteiger partial charge < -0.3 is 0 Å². The van der Waals surface area contributed by atoms with Crippen molar-refractivity contribution in [3.8, 4) is 0 Å². The average molecular weight is 284 g/mol. The maximum absolute atomic E-state index is 11.7. The highest BCUT2D eigenvalue weighted by Crippen LogP contribution is 2.20. The molecule has 0 aromatic heterocycles. The third-order valence-corrected chi connectivity index (χ3v) is 5.03. The number of hydrogen-bond acceptors (Lipinski definition) is 4. The van der Waals surface area contributed by atoms with Crippen molar-refractivity contribution in [2.75, 3.05) is 14.1 Å². The second kappa shape index (κ2) is 4.33. The summed E-state index contributed by atoms with van der Waals surface area (Å²) in [6.07, 6.45) is 0. The van der Waals surface area contributed by atoms with Crippen LogP contribution in [-0.2, 0) is 19.1 Å². The molecular weight excluding hydrogens is 274 g/mol. The molecule has 0 amide bonds. The fourth-order valence-electron chi connectivity index (χ4n) is 0.997. The quantitative estimate of drug-likeness (QED) is 0.772. The topological polar surface area (TPSA) is 71.5 Å². The van der Waals surface area contributed by atoms with Gasteiger partial charge in [0.2, 0.25) is 10.0 Å². The highest BCUT2D eigenvalue weighted by molar-refractivity contribution is 8.13. The Balaban J connectivity index is 3.41. The van der Waals surface area contributed by atoms with Crippen molar-refractivity contribution >= 4 is 29.8 Å². The normalized spacial score (nSPS) is 13.0. The summed E-state index contributed by atoms with van der Waals surface area (Å²) in [6, 6.07) is 4.89. The van der Waals surface area contributed by atoms with Crippen molar-refractivity contribution in [1.29, 1.82) is 0 Å². The zero-order valence-electron chi connectivity index (χ0n) is 8.58. The fourth-order valence-corrected chi connectivity index (χ4v) is 2.82. The van der Waals surface area contributed by atoms with Crippen LogP contribution in [0, 0.1) is 0 Å². The van der Waals surface area contributed by atoms with Gasteiger partial charge in [-0.3, -0.25) is 0 Å². The molecule has 0 saturated carbocycles. The second-order valence-electron chi connectivity index (χ2n) is 3.20. The first-order chi connectivity index (χ1) is 7.15. The minimum absolute atomic E-state index is 0.112. The Morgan fingerprint density at radius 1 is 1.06 bits per heavy atom. The molecule has 0 saturated heterocycles. The summed E-state index contributed by atoms with van der Waals surface area (Å²) in [7, 11) is 0.269. The molecule has 0 aliphatic carbocycles. The molecule has 1 rings (SSSR count). The van der Waals surface area contributed by atoms with Crippen molar-refractivity contribution in [3.63, 3.8) is 0 Å². The van der Waals surface area contributed by atoms with Gasteiger partial charge in [-0.25, -0.2) is 21.1 Å². The Labute approximate surface area is 99.1 Å². The van der Waals surface area contributed by atoms with Crippen molar-refractivity contribution < 1.29 is 16.8 Å². The Bertz CT molecular complexity index is 592. The van der Waals surface area contributed by atoms with E-state index < -0.39 is 19.1 Å². The number of nitrogens with zero attached hydrogens (tertiary/aromatic N) is 1. The Hall–Kier alpha value is -0.630. The van der Waals surface area contributed by atoms with E-state index in [0.29, 0.717) is 0 Å². The van der Waals surface area contributed by atoms with Gasteiger partial charge in [-0.2, -0.15) is 0 Å². The summed E-state index contributed by atoms with van der Waals surface area (Å²) in [6.45, 7) is 0. The third kappa shape index (κ3) is 2.73. The number of benzene rings is 1. The third-order valence-electron chi connectivity index (χ3n) is 1.87. The monoisotopic (exact) mass is 283 g/mol. The minimum atomic E-state index is -3.92. The molecule has 0 radical (unpaired) electrons. The Morgan fingerprint density at radius 2 is 1.56 bits per heavy atom. The van der Waals surface area contributed by atoms with Gasteiger partial charge in [0.1, 0.15) is 0 Å². The van der Waals surface area contributed by atoms with Gasteiger partial charge in [0.25, 0.3) is 9.05 Å². The van der Waals surface area contributed by atoms with E-state index in [0.717, 1.165) is 10.4 Å². The lowest BCUT2D eigenvalue weighted by Gasteiger charge is -2.11. The van der Waals surface area contributed by atoms with E-state index in [2.05, 4.69) is 0 Å². The molecule has 0 N–H and O–H groups in total. The van der Waals surface area contributed by atoms with Crippen LogP contribution in [-0.4, -0.2) is 35.2 Å². The summed E-state index contributed by atoms with van der Waals surface area (Å²) in [4.78, 5) is -0.351. The molecule has 5 nitrogen and oxygen atoms in total. The number of hydrogen-bond donors (Lipinski definition) is 0. The largest absolute Gasteiger partial charge is 0.261 e. The lowest BCUT2D eigenvalue weighted by atomic mass is 10.4. The van der Waals surface area contributed by atoms with Crippen LogP contribution in [0.15, 0.2) is 34.1 Å². The van der Waals surface area contributed by atoms with Crippen LogP contribution in [0.3, 0.4) is 0 Å². The van der Waals surface area contributed by atoms with E-state index in [1.54, 1.807) is 0 Å². The molecule has 90 valence electrons. The van der Waals surface area contributed by atoms with E-state index in [1.165, 1.54) is 32.3 Å². The highest BCUT2D eigenvalue weighted by Gasteiger charge is 2.19. The molecule has 0 bridgehead atoms. The van der Waals surface area contributed by atoms with E-state index in [1.807, 2.05) is 0 Å². The molecule has 1 aromatic carbocycles. The van der Waals surface area contributed by atoms with Gasteiger partial charge >= 0.3 is 0 Å². The van der Waals surface area contributed by atoms with Gasteiger partial charge in [-0.1, -0.05) is 6.07 Å². The van der Waals surface area contributed by atoms with E-state index in [-0.39, 0.29) is 9.79 Å². The summed E-state index contributed by atoms with van der Waals surface area (Å²) >= 11 is 0. The van der Waals surface area contributed by atoms with Crippen LogP contribution in [0.25, 0.3) is 0 Å². The average Bonchev–Trinajstić information content (AvgIpc) is 2.16. The first kappa shape index (κ1) is 13.4. The molecule has 0 atom stereocenters. The van der Waals surface area contributed by atoms with Crippen LogP contribution in [0.2, 0.25) is 0 Å². The number of sulfonamides is 1. The molecular formula is C8H10ClNO4S2. The molecule has 8 heteroatoms. The predicted octanol–water partition coefficient (Wildman–Crippen LogP) is 0.864. The second-order valence-corrected chi connectivity index (χ2v) is 7.92. The lowest BCUT2D eigenvalue weighted by molar-refractivity contribution is 0.520. The molecule has 0 fully saturated rings. The van der Waals surface area contributed by atoms with Crippen molar-refractivity contribution in [3.05, 3.63) is 24.3 Å². The van der Waals surface area contributed by atoms with Crippen LogP contribution in [0.4, 0.5) is 0 Å². The van der Waals surface area contributed by atoms with E-state index >= 15 is 0 Å². The van der Waals surface area contributed by atoms with Crippen molar-refractivity contribution in [2.24, 2.45) is 0 Å². The van der Waals surface area contributed by atoms with Crippen LogP contribution >= 0.6 is 10.7 Å². The summed E-state index contributed by atoms with van der Waals surface area (Å²) < 4.78 is 46.5. The first-order valence-corrected chi connectivity index (χ1v) is 7.88. The number of rotatable bonds is 3. The Kier molecular flexibility index (Phi) is 3.63. The Morgan fingerprint density at radius 3 is 2.00 bits per heavy atom. The van der Waals surface area contributed by atoms with Gasteiger partial charge in [-0.15, -0.1) is 0 Å². The predicted molar refractivity (Wildman–Crippen MR) is 60.4 cm³/mol. The highest BCUT2D eigenvalue weighted by atomic mass is 35.7. The van der Waals surface area contributed by atoms with Crippen molar-refractivity contribution in [2.45, 2.75) is 9.79 Å². The van der Waals surface area contributed by atoms with Gasteiger partial charge in [-0.05, 0) is 18.2 Å². The zero-order valence-corrected chi connectivity index (χ0v) is 11.0. The zero-order chi connectivity index (χ0) is 12.6. The molecule has 0 spiro atoms. The number of halogens is 1. The van der Waals surface area contributed by atoms with E-state index in [9.17, 15) is 16.8 Å². The van der Waals surface area contributed by atoms with E-state index in [4.69, 9.17) is 10.7 Å². The minimum Gasteiger partial charge on any atom is -0.207 e. The molecule has 0 unspecified atom stereocenters. The maximum atomic E-state index is 11.7. The molecule has 0 aliphatic heterocycles. The standard InChI is InChI=1S/C8H10ClNO4S2/c1-10(2)16(13,14)8-5-3-4-7(6-8)15(9,11)12/h3-6H,1-2H3.